The van der Waals surface area contributed by atoms with Gasteiger partial charge in [0.05, 0.1) is 23.5 Å². The first kappa shape index (κ1) is 35.0. The van der Waals surface area contributed by atoms with Crippen molar-refractivity contribution >= 4 is 16.8 Å². The fraction of sp³-hybridized carbons (Fsp3) is 0.485. The van der Waals surface area contributed by atoms with Gasteiger partial charge in [-0.05, 0) is 56.0 Å². The van der Waals surface area contributed by atoms with E-state index in [9.17, 15) is 22.9 Å². The zero-order valence-corrected chi connectivity index (χ0v) is 27.3. The van der Waals surface area contributed by atoms with E-state index >= 15 is 0 Å². The summed E-state index contributed by atoms with van der Waals surface area (Å²) in [6, 6.07) is 7.61. The summed E-state index contributed by atoms with van der Waals surface area (Å²) >= 11 is 0. The van der Waals surface area contributed by atoms with Crippen LogP contribution in [-0.4, -0.2) is 64.5 Å². The summed E-state index contributed by atoms with van der Waals surface area (Å²) in [4.78, 5) is 37.6. The summed E-state index contributed by atoms with van der Waals surface area (Å²) < 4.78 is 55.2. The van der Waals surface area contributed by atoms with E-state index < -0.39 is 30.3 Å². The third-order valence-electron chi connectivity index (χ3n) is 8.44. The Morgan fingerprint density at radius 2 is 2.02 bits per heavy atom. The Balaban J connectivity index is 1.62. The van der Waals surface area contributed by atoms with Gasteiger partial charge in [0.2, 0.25) is 0 Å². The van der Waals surface area contributed by atoms with Gasteiger partial charge in [-0.2, -0.15) is 13.2 Å². The number of oxazole rings is 1. The summed E-state index contributed by atoms with van der Waals surface area (Å²) in [5, 5.41) is 4.61. The average molecular weight is 672 g/mol. The highest BCUT2D eigenvalue weighted by atomic mass is 19.4. The van der Waals surface area contributed by atoms with E-state index in [-0.39, 0.29) is 31.2 Å². The van der Waals surface area contributed by atoms with E-state index in [0.717, 1.165) is 12.8 Å². The highest BCUT2D eigenvalue weighted by molar-refractivity contribution is 5.95. The van der Waals surface area contributed by atoms with Crippen LogP contribution < -0.4 is 11.2 Å². The largest absolute Gasteiger partial charge is 0.448 e. The normalized spacial score (nSPS) is 15.5. The number of methoxy groups -OCH3 is 1. The Morgan fingerprint density at radius 1 is 1.23 bits per heavy atom. The lowest BCUT2D eigenvalue weighted by atomic mass is 9.84. The molecule has 3 N–H and O–H groups in total. The quantitative estimate of drug-likeness (QED) is 0.131. The fourth-order valence-corrected chi connectivity index (χ4v) is 6.09. The van der Waals surface area contributed by atoms with Crippen LogP contribution in [0.25, 0.3) is 33.4 Å². The number of carbonyl (C=O) groups is 1. The van der Waals surface area contributed by atoms with Crippen molar-refractivity contribution in [1.29, 1.82) is 0 Å². The van der Waals surface area contributed by atoms with Crippen molar-refractivity contribution in [3.05, 3.63) is 64.8 Å². The molecule has 1 aromatic carbocycles. The van der Waals surface area contributed by atoms with Crippen LogP contribution in [0.5, 0.6) is 0 Å². The molecule has 1 aliphatic rings. The second-order valence-corrected chi connectivity index (χ2v) is 12.8. The Bertz CT molecular complexity index is 1750. The lowest BCUT2D eigenvalue weighted by molar-refractivity contribution is -0.139. The van der Waals surface area contributed by atoms with Crippen molar-refractivity contribution < 1.29 is 32.0 Å². The van der Waals surface area contributed by atoms with Gasteiger partial charge in [0, 0.05) is 60.3 Å². The van der Waals surface area contributed by atoms with Crippen LogP contribution >= 0.6 is 0 Å². The molecule has 3 aromatic heterocycles. The summed E-state index contributed by atoms with van der Waals surface area (Å²) in [7, 11) is 1.51. The highest BCUT2D eigenvalue weighted by Crippen LogP contribution is 2.42. The molecule has 0 bridgehead atoms. The minimum absolute atomic E-state index is 0.0610. The van der Waals surface area contributed by atoms with Crippen molar-refractivity contribution in [3.8, 4) is 22.5 Å². The maximum atomic E-state index is 14.2. The van der Waals surface area contributed by atoms with Crippen molar-refractivity contribution in [1.82, 2.24) is 25.0 Å². The molecule has 5 rings (SSSR count). The molecular formula is C33H40F3N7O5. The Kier molecular flexibility index (Phi) is 10.5. The fourth-order valence-electron chi connectivity index (χ4n) is 6.09. The van der Waals surface area contributed by atoms with Gasteiger partial charge >= 0.3 is 6.18 Å². The number of hydrogen-bond acceptors (Lipinski definition) is 10. The zero-order chi connectivity index (χ0) is 34.6. The molecule has 0 aliphatic carbocycles. The predicted molar refractivity (Wildman–Crippen MR) is 172 cm³/mol. The number of nitrogens with zero attached hydrogens (tertiary/aromatic N) is 5. The molecule has 4 heterocycles. The summed E-state index contributed by atoms with van der Waals surface area (Å²) in [6.45, 7) is 5.41. The van der Waals surface area contributed by atoms with Crippen LogP contribution in [0.4, 0.5) is 13.2 Å². The SMILES string of the molecule is COC(C)c1ncccc1-c1c(CC(C)(C)CON=O)c2cc(-c3coc(CC(N)C(=O)N4CCCCN4)n3)ccc2n1CC(F)(F)F. The van der Waals surface area contributed by atoms with Crippen LogP contribution in [-0.2, 0) is 33.8 Å². The van der Waals surface area contributed by atoms with Crippen LogP contribution in [0.1, 0.15) is 56.9 Å². The van der Waals surface area contributed by atoms with Gasteiger partial charge in [-0.25, -0.2) is 10.4 Å². The summed E-state index contributed by atoms with van der Waals surface area (Å²) in [5.74, 6) is -0.000286. The first-order chi connectivity index (χ1) is 22.8. The first-order valence-electron chi connectivity index (χ1n) is 15.7. The van der Waals surface area contributed by atoms with Crippen molar-refractivity contribution in [2.45, 2.75) is 71.3 Å². The minimum atomic E-state index is -4.55. The zero-order valence-electron chi connectivity index (χ0n) is 27.3. The third kappa shape index (κ3) is 7.85. The van der Waals surface area contributed by atoms with Gasteiger partial charge in [-0.3, -0.25) is 14.8 Å². The Morgan fingerprint density at radius 3 is 2.71 bits per heavy atom. The van der Waals surface area contributed by atoms with Gasteiger partial charge in [-0.15, -0.1) is 4.91 Å². The highest BCUT2D eigenvalue weighted by Gasteiger charge is 2.35. The van der Waals surface area contributed by atoms with E-state index in [1.165, 1.54) is 22.9 Å². The van der Waals surface area contributed by atoms with E-state index in [1.54, 1.807) is 43.5 Å². The van der Waals surface area contributed by atoms with Crippen molar-refractivity contribution in [2.24, 2.45) is 16.5 Å². The molecular weight excluding hydrogens is 631 g/mol. The molecule has 0 radical (unpaired) electrons. The van der Waals surface area contributed by atoms with Gasteiger partial charge in [0.1, 0.15) is 25.1 Å². The number of hydrogen-bond donors (Lipinski definition) is 2. The number of alkyl halides is 3. The number of pyridine rings is 1. The number of nitrogens with two attached hydrogens (primary N) is 1. The van der Waals surface area contributed by atoms with E-state index in [2.05, 4.69) is 20.7 Å². The molecule has 0 spiro atoms. The number of carbonyl (C=O) groups excluding carboxylic acids is 1. The van der Waals surface area contributed by atoms with Gasteiger partial charge in [0.15, 0.2) is 11.2 Å². The molecule has 2 atom stereocenters. The number of rotatable bonds is 13. The Hall–Kier alpha value is -4.34. The standard InChI is InChI=1S/C33H40F3N7O5/c1-20(46-4)29-22(8-7-11-38-29)30-24(16-32(2,3)19-48-41-45)23-14-21(9-10-27(23)42(30)18-33(34,35)36)26-17-47-28(40-26)15-25(37)31(44)43-13-6-5-12-39-43/h7-11,14,17,20,25,39H,5-6,12-13,15-16,18-19,37H2,1-4H3. The average Bonchev–Trinajstić information content (AvgIpc) is 3.64. The van der Waals surface area contributed by atoms with Gasteiger partial charge in [0.25, 0.3) is 5.91 Å². The number of fused-ring (bicyclic) bond motifs is 1. The number of halogens is 3. The second kappa shape index (κ2) is 14.4. The number of hydrazine groups is 1. The first-order valence-corrected chi connectivity index (χ1v) is 15.7. The summed E-state index contributed by atoms with van der Waals surface area (Å²) in [5.41, 5.74) is 11.8. The smallest absolute Gasteiger partial charge is 0.406 e. The molecule has 2 unspecified atom stereocenters. The van der Waals surface area contributed by atoms with E-state index in [4.69, 9.17) is 19.7 Å². The molecule has 1 amide bonds. The monoisotopic (exact) mass is 671 g/mol. The number of amides is 1. The van der Waals surface area contributed by atoms with Crippen molar-refractivity contribution in [2.75, 3.05) is 26.8 Å². The number of ether oxygens (including phenoxy) is 1. The summed E-state index contributed by atoms with van der Waals surface area (Å²) in [6.07, 6.45) is 0.0980. The van der Waals surface area contributed by atoms with Gasteiger partial charge in [-0.1, -0.05) is 19.9 Å². The van der Waals surface area contributed by atoms with Crippen LogP contribution in [0, 0.1) is 10.3 Å². The molecule has 258 valence electrons. The predicted octanol–water partition coefficient (Wildman–Crippen LogP) is 5.89. The van der Waals surface area contributed by atoms with Crippen LogP contribution in [0.3, 0.4) is 0 Å². The number of aromatic nitrogens is 3. The lowest BCUT2D eigenvalue weighted by Gasteiger charge is -2.29. The molecule has 0 saturated carbocycles. The molecule has 48 heavy (non-hydrogen) atoms. The van der Waals surface area contributed by atoms with E-state index in [0.29, 0.717) is 57.8 Å². The lowest BCUT2D eigenvalue weighted by Crippen LogP contribution is -2.53. The topological polar surface area (TPSA) is 150 Å². The molecule has 4 aromatic rings. The van der Waals surface area contributed by atoms with Crippen molar-refractivity contribution in [3.63, 3.8) is 0 Å². The minimum Gasteiger partial charge on any atom is -0.448 e. The number of benzene rings is 1. The maximum Gasteiger partial charge on any atom is 0.406 e. The maximum absolute atomic E-state index is 14.2. The van der Waals surface area contributed by atoms with E-state index in [1.807, 2.05) is 13.8 Å². The van der Waals surface area contributed by atoms with Gasteiger partial charge < -0.3 is 24.3 Å². The third-order valence-corrected chi connectivity index (χ3v) is 8.44. The molecule has 12 nitrogen and oxygen atoms in total. The molecule has 1 aliphatic heterocycles. The molecule has 1 fully saturated rings. The number of nitrogens with one attached hydrogen (secondary N) is 1. The molecule has 1 saturated heterocycles. The van der Waals surface area contributed by atoms with Crippen LogP contribution in [0.15, 0.2) is 52.5 Å². The molecule has 15 heteroatoms. The Labute approximate surface area is 275 Å². The van der Waals surface area contributed by atoms with Crippen LogP contribution in [0.2, 0.25) is 0 Å². The second-order valence-electron chi connectivity index (χ2n) is 12.8.